The second kappa shape index (κ2) is 15.8. The van der Waals surface area contributed by atoms with Gasteiger partial charge in [-0.15, -0.1) is 0 Å². The van der Waals surface area contributed by atoms with Gasteiger partial charge in [-0.2, -0.15) is 11.8 Å². The van der Waals surface area contributed by atoms with E-state index in [1.165, 1.54) is 16.7 Å². The molecule has 0 saturated carbocycles. The number of carbonyl (C=O) groups is 5. The van der Waals surface area contributed by atoms with Crippen molar-refractivity contribution in [1.29, 1.82) is 0 Å². The topological polar surface area (TPSA) is 249 Å². The van der Waals surface area contributed by atoms with Crippen LogP contribution in [0.3, 0.4) is 0 Å². The van der Waals surface area contributed by atoms with Gasteiger partial charge >= 0.3 is 5.97 Å². The predicted molar refractivity (Wildman–Crippen MR) is 136 cm³/mol. The molecule has 0 aromatic heterocycles. The van der Waals surface area contributed by atoms with Crippen LogP contribution in [0, 0.1) is 0 Å². The Bertz CT molecular complexity index is 822. The van der Waals surface area contributed by atoms with Crippen LogP contribution >= 0.6 is 11.8 Å². The van der Waals surface area contributed by atoms with E-state index in [-0.39, 0.29) is 38.3 Å². The Balaban J connectivity index is 2.90. The molecule has 1 rings (SSSR count). The second-order valence-electron chi connectivity index (χ2n) is 8.49. The summed E-state index contributed by atoms with van der Waals surface area (Å²) in [4.78, 5) is 66.8. The summed E-state index contributed by atoms with van der Waals surface area (Å²) in [7, 11) is 0. The zero-order valence-electron chi connectivity index (χ0n) is 20.5. The predicted octanol–water partition coefficient (Wildman–Crippen LogP) is -2.57. The highest BCUT2D eigenvalue weighted by Crippen LogP contribution is 2.20. The van der Waals surface area contributed by atoms with Crippen LogP contribution in [0.2, 0.25) is 0 Å². The van der Waals surface area contributed by atoms with Gasteiger partial charge in [-0.1, -0.05) is 0 Å². The third-order valence-corrected chi connectivity index (χ3v) is 6.31. The Hall–Kier alpha value is -3.07. The number of hydrogen-bond acceptors (Lipinski definition) is 8. The number of aliphatic carboxylic acids is 1. The van der Waals surface area contributed by atoms with Crippen LogP contribution in [0.25, 0.3) is 0 Å². The average molecular weight is 531 g/mol. The van der Waals surface area contributed by atoms with Crippen molar-refractivity contribution < 1.29 is 29.1 Å². The van der Waals surface area contributed by atoms with Gasteiger partial charge in [0.1, 0.15) is 18.1 Å². The number of nitrogens with two attached hydrogens (primary N) is 4. The average Bonchev–Trinajstić information content (AvgIpc) is 3.31. The fourth-order valence-electron chi connectivity index (χ4n) is 3.73. The highest BCUT2D eigenvalue weighted by atomic mass is 32.2. The molecule has 0 spiro atoms. The van der Waals surface area contributed by atoms with E-state index in [2.05, 4.69) is 15.6 Å². The van der Waals surface area contributed by atoms with Crippen LogP contribution in [-0.2, 0) is 24.0 Å². The molecule has 0 radical (unpaired) electrons. The minimum absolute atomic E-state index is 0.0530. The van der Waals surface area contributed by atoms with E-state index >= 15 is 0 Å². The second-order valence-corrected chi connectivity index (χ2v) is 9.48. The summed E-state index contributed by atoms with van der Waals surface area (Å²) in [5, 5.41) is 14.6. The fraction of sp³-hybridized carbons (Fsp3) is 0.714. The maximum Gasteiger partial charge on any atom is 0.326 e. The van der Waals surface area contributed by atoms with Crippen molar-refractivity contribution in [2.45, 2.75) is 69.1 Å². The molecule has 1 fully saturated rings. The maximum absolute atomic E-state index is 13.3. The van der Waals surface area contributed by atoms with Gasteiger partial charge < -0.3 is 43.6 Å². The molecule has 0 aliphatic carbocycles. The number of rotatable bonds is 16. The van der Waals surface area contributed by atoms with Crippen molar-refractivity contribution >= 4 is 47.3 Å². The minimum Gasteiger partial charge on any atom is -0.480 e. The normalized spacial score (nSPS) is 17.5. The van der Waals surface area contributed by atoms with Gasteiger partial charge in [-0.25, -0.2) is 4.79 Å². The Morgan fingerprint density at radius 2 is 1.78 bits per heavy atom. The lowest BCUT2D eigenvalue weighted by Gasteiger charge is -2.30. The van der Waals surface area contributed by atoms with Crippen LogP contribution in [0.5, 0.6) is 0 Å². The number of aliphatic imine (C=N–C) groups is 1. The number of amides is 4. The molecule has 0 aromatic carbocycles. The third-order valence-electron chi connectivity index (χ3n) is 5.66. The first-order chi connectivity index (χ1) is 17.0. The van der Waals surface area contributed by atoms with E-state index in [0.717, 1.165) is 0 Å². The first kappa shape index (κ1) is 31.0. The van der Waals surface area contributed by atoms with Crippen molar-refractivity contribution in [2.24, 2.45) is 27.9 Å². The van der Waals surface area contributed by atoms with Crippen molar-refractivity contribution in [1.82, 2.24) is 15.5 Å². The molecule has 15 heteroatoms. The number of guanidine groups is 1. The number of primary amides is 1. The lowest BCUT2D eigenvalue weighted by molar-refractivity contribution is -0.145. The highest BCUT2D eigenvalue weighted by molar-refractivity contribution is 7.98. The summed E-state index contributed by atoms with van der Waals surface area (Å²) < 4.78 is 0. The summed E-state index contributed by atoms with van der Waals surface area (Å²) in [6.07, 6.45) is 3.31. The Morgan fingerprint density at radius 1 is 1.08 bits per heavy atom. The zero-order valence-corrected chi connectivity index (χ0v) is 21.3. The molecule has 1 aliphatic heterocycles. The first-order valence-electron chi connectivity index (χ1n) is 11.7. The van der Waals surface area contributed by atoms with Gasteiger partial charge in [0.25, 0.3) is 0 Å². The number of nitrogens with zero attached hydrogens (tertiary/aromatic N) is 2. The van der Waals surface area contributed by atoms with E-state index in [4.69, 9.17) is 22.9 Å². The zero-order chi connectivity index (χ0) is 27.3. The molecular formula is C21H38N8O6S. The van der Waals surface area contributed by atoms with Gasteiger partial charge in [0.2, 0.25) is 23.6 Å². The van der Waals surface area contributed by atoms with Crippen LogP contribution in [-0.4, -0.2) is 94.8 Å². The van der Waals surface area contributed by atoms with E-state index < -0.39 is 53.8 Å². The molecule has 11 N–H and O–H groups in total. The summed E-state index contributed by atoms with van der Waals surface area (Å²) in [6, 6.07) is -4.05. The van der Waals surface area contributed by atoms with Gasteiger partial charge in [0, 0.05) is 19.5 Å². The number of likely N-dealkylation sites (tertiary alicyclic amines) is 1. The summed E-state index contributed by atoms with van der Waals surface area (Å²) in [5.74, 6) is -3.05. The smallest absolute Gasteiger partial charge is 0.326 e. The molecule has 14 nitrogen and oxygen atoms in total. The molecule has 4 amide bonds. The Kier molecular flexibility index (Phi) is 13.6. The van der Waals surface area contributed by atoms with Crippen molar-refractivity contribution in [3.05, 3.63) is 0 Å². The van der Waals surface area contributed by atoms with Crippen LogP contribution in [0.15, 0.2) is 4.99 Å². The number of hydrogen-bond donors (Lipinski definition) is 7. The molecule has 1 heterocycles. The Morgan fingerprint density at radius 3 is 2.36 bits per heavy atom. The summed E-state index contributed by atoms with van der Waals surface area (Å²) in [5.41, 5.74) is 21.6. The first-order valence-corrected chi connectivity index (χ1v) is 13.1. The van der Waals surface area contributed by atoms with Gasteiger partial charge in [0.05, 0.1) is 6.04 Å². The monoisotopic (exact) mass is 530 g/mol. The molecule has 4 atom stereocenters. The number of nitrogens with one attached hydrogen (secondary N) is 2. The molecule has 204 valence electrons. The largest absolute Gasteiger partial charge is 0.480 e. The molecule has 1 saturated heterocycles. The van der Waals surface area contributed by atoms with Gasteiger partial charge in [-0.05, 0) is 50.5 Å². The van der Waals surface area contributed by atoms with Crippen LogP contribution < -0.4 is 33.6 Å². The third kappa shape index (κ3) is 10.7. The number of thioether (sulfide) groups is 1. The van der Waals surface area contributed by atoms with E-state index in [0.29, 0.717) is 31.4 Å². The molecule has 1 aliphatic rings. The van der Waals surface area contributed by atoms with Gasteiger partial charge in [-0.3, -0.25) is 24.2 Å². The van der Waals surface area contributed by atoms with Crippen molar-refractivity contribution in [3.63, 3.8) is 0 Å². The molecule has 0 aromatic rings. The Labute approximate surface area is 214 Å². The number of carboxylic acids is 1. The quantitative estimate of drug-likeness (QED) is 0.0624. The standard InChI is InChI=1S/C21H38N8O6S/c1-36-11-8-12(22)17(31)27-13(6-7-16(23)30)19(33)29-10-3-5-15(29)18(32)28-14(20(34)35)4-2-9-26-21(24)25/h12-15H,2-11,22H2,1H3,(H2,23,30)(H,27,31)(H,28,32)(H,34,35)(H4,24,25,26). The summed E-state index contributed by atoms with van der Waals surface area (Å²) in [6.45, 7) is 0.441. The van der Waals surface area contributed by atoms with Crippen LogP contribution in [0.4, 0.5) is 0 Å². The van der Waals surface area contributed by atoms with E-state index in [1.54, 1.807) is 0 Å². The number of carboxylic acid groups (broad SMARTS) is 1. The van der Waals surface area contributed by atoms with Crippen LogP contribution in [0.1, 0.15) is 44.9 Å². The van der Waals surface area contributed by atoms with E-state index in [9.17, 15) is 29.1 Å². The minimum atomic E-state index is -1.23. The molecular weight excluding hydrogens is 492 g/mol. The summed E-state index contributed by atoms with van der Waals surface area (Å²) >= 11 is 1.52. The number of carbonyl (C=O) groups excluding carboxylic acids is 4. The van der Waals surface area contributed by atoms with Crippen molar-refractivity contribution in [3.8, 4) is 0 Å². The molecule has 36 heavy (non-hydrogen) atoms. The van der Waals surface area contributed by atoms with Crippen molar-refractivity contribution in [2.75, 3.05) is 25.1 Å². The SMILES string of the molecule is CSCCC(N)C(=O)NC(CCC(N)=O)C(=O)N1CCCC1C(=O)NC(CCCN=C(N)N)C(=O)O. The van der Waals surface area contributed by atoms with E-state index in [1.807, 2.05) is 6.26 Å². The molecule has 0 bridgehead atoms. The van der Waals surface area contributed by atoms with Gasteiger partial charge in [0.15, 0.2) is 5.96 Å². The lowest BCUT2D eigenvalue weighted by atomic mass is 10.1. The lowest BCUT2D eigenvalue weighted by Crippen LogP contribution is -2.57. The fourth-order valence-corrected chi connectivity index (χ4v) is 4.22. The molecule has 4 unspecified atom stereocenters. The highest BCUT2D eigenvalue weighted by Gasteiger charge is 2.39. The maximum atomic E-state index is 13.3.